The Morgan fingerprint density at radius 3 is 2.42 bits per heavy atom. The molecule has 2 aromatic heterocycles. The molecule has 1 amide bonds. The van der Waals surface area contributed by atoms with E-state index in [1.807, 2.05) is 19.1 Å². The molecule has 1 fully saturated rings. The number of aromatic nitrogens is 2. The van der Waals surface area contributed by atoms with Gasteiger partial charge in [0.15, 0.2) is 5.69 Å². The highest BCUT2D eigenvalue weighted by Gasteiger charge is 2.41. The largest absolute Gasteiger partial charge is 0.494 e. The topological polar surface area (TPSA) is 76.1 Å². The molecule has 8 heteroatoms. The third kappa shape index (κ3) is 4.33. The third-order valence-corrected chi connectivity index (χ3v) is 5.45. The zero-order valence-corrected chi connectivity index (χ0v) is 17.2. The van der Waals surface area contributed by atoms with Crippen molar-refractivity contribution in [3.8, 4) is 5.75 Å². The molecular formula is C23H22F2N4O2. The summed E-state index contributed by atoms with van der Waals surface area (Å²) in [5.74, 6) is -1.27. The molecule has 0 atom stereocenters. The van der Waals surface area contributed by atoms with Crippen molar-refractivity contribution in [3.63, 3.8) is 0 Å². The highest BCUT2D eigenvalue weighted by Crippen LogP contribution is 2.41. The lowest BCUT2D eigenvalue weighted by Crippen LogP contribution is -2.51. The lowest BCUT2D eigenvalue weighted by atomic mass is 9.72. The zero-order valence-electron chi connectivity index (χ0n) is 17.2. The molecule has 0 aliphatic heterocycles. The number of amides is 1. The molecule has 1 aliphatic rings. The number of anilines is 2. The summed E-state index contributed by atoms with van der Waals surface area (Å²) in [5.41, 5.74) is 1.61. The molecule has 2 heterocycles. The molecule has 0 radical (unpaired) electrons. The van der Waals surface area contributed by atoms with E-state index in [0.717, 1.165) is 48.7 Å². The summed E-state index contributed by atoms with van der Waals surface area (Å²) in [5, 5.41) is 5.92. The Labute approximate surface area is 178 Å². The maximum atomic E-state index is 13.5. The van der Waals surface area contributed by atoms with Gasteiger partial charge in [-0.15, -0.1) is 0 Å². The molecule has 160 valence electrons. The van der Waals surface area contributed by atoms with Crippen molar-refractivity contribution in [2.45, 2.75) is 31.7 Å². The van der Waals surface area contributed by atoms with Gasteiger partial charge in [0, 0.05) is 23.6 Å². The van der Waals surface area contributed by atoms with E-state index in [0.29, 0.717) is 5.75 Å². The molecule has 0 unspecified atom stereocenters. The number of nitrogens with one attached hydrogen (secondary N) is 2. The van der Waals surface area contributed by atoms with E-state index in [1.54, 1.807) is 18.3 Å². The van der Waals surface area contributed by atoms with E-state index in [-0.39, 0.29) is 17.2 Å². The molecule has 1 saturated carbocycles. The Morgan fingerprint density at radius 2 is 1.84 bits per heavy atom. The molecule has 0 saturated heterocycles. The minimum absolute atomic E-state index is 0.0794. The number of halogens is 2. The van der Waals surface area contributed by atoms with Gasteiger partial charge in [0.05, 0.1) is 12.6 Å². The lowest BCUT2D eigenvalue weighted by Gasteiger charge is -2.42. The number of rotatable bonds is 6. The van der Waals surface area contributed by atoms with E-state index < -0.39 is 23.1 Å². The standard InChI is InChI=1S/C23H22F2N4O2/c1-14-4-5-15(13-26-14)23(8-3-9-23)29-22(30)21-19(31-2)6-7-20(28-21)27-18-11-16(24)10-17(25)12-18/h4-7,10-13H,3,8-9H2,1-2H3,(H,27,28)(H,29,30). The summed E-state index contributed by atoms with van der Waals surface area (Å²) in [6.45, 7) is 1.91. The van der Waals surface area contributed by atoms with E-state index in [1.165, 1.54) is 7.11 Å². The Hall–Kier alpha value is -3.55. The molecule has 0 spiro atoms. The second-order valence-corrected chi connectivity index (χ2v) is 7.61. The van der Waals surface area contributed by atoms with Crippen LogP contribution >= 0.6 is 0 Å². The number of nitrogens with zero attached hydrogens (tertiary/aromatic N) is 2. The van der Waals surface area contributed by atoms with Gasteiger partial charge in [0.1, 0.15) is 23.2 Å². The predicted octanol–water partition coefficient (Wildman–Crippen LogP) is 4.62. The van der Waals surface area contributed by atoms with Gasteiger partial charge in [0.25, 0.3) is 5.91 Å². The van der Waals surface area contributed by atoms with Crippen LogP contribution in [0.4, 0.5) is 20.3 Å². The summed E-state index contributed by atoms with van der Waals surface area (Å²) in [6, 6.07) is 10.1. The Morgan fingerprint density at radius 1 is 1.10 bits per heavy atom. The average molecular weight is 424 g/mol. The second-order valence-electron chi connectivity index (χ2n) is 7.61. The first-order chi connectivity index (χ1) is 14.9. The van der Waals surface area contributed by atoms with Crippen molar-refractivity contribution < 1.29 is 18.3 Å². The molecule has 6 nitrogen and oxygen atoms in total. The van der Waals surface area contributed by atoms with Gasteiger partial charge >= 0.3 is 0 Å². The number of benzene rings is 1. The Kier molecular flexibility index (Phi) is 5.54. The maximum absolute atomic E-state index is 13.5. The van der Waals surface area contributed by atoms with Crippen LogP contribution in [-0.4, -0.2) is 23.0 Å². The van der Waals surface area contributed by atoms with Gasteiger partial charge in [0.2, 0.25) is 0 Å². The van der Waals surface area contributed by atoms with Crippen LogP contribution in [0.25, 0.3) is 0 Å². The zero-order chi connectivity index (χ0) is 22.0. The minimum Gasteiger partial charge on any atom is -0.494 e. The molecule has 31 heavy (non-hydrogen) atoms. The van der Waals surface area contributed by atoms with Crippen LogP contribution in [0, 0.1) is 18.6 Å². The Bertz CT molecular complexity index is 1090. The predicted molar refractivity (Wildman–Crippen MR) is 112 cm³/mol. The van der Waals surface area contributed by atoms with Crippen molar-refractivity contribution in [3.05, 3.63) is 77.2 Å². The number of methoxy groups -OCH3 is 1. The van der Waals surface area contributed by atoms with Gasteiger partial charge in [-0.25, -0.2) is 13.8 Å². The number of carbonyl (C=O) groups is 1. The van der Waals surface area contributed by atoms with E-state index in [9.17, 15) is 13.6 Å². The number of carbonyl (C=O) groups excluding carboxylic acids is 1. The van der Waals surface area contributed by atoms with E-state index in [2.05, 4.69) is 20.6 Å². The quantitative estimate of drug-likeness (QED) is 0.604. The van der Waals surface area contributed by atoms with Crippen molar-refractivity contribution in [2.24, 2.45) is 0 Å². The first-order valence-corrected chi connectivity index (χ1v) is 9.92. The number of hydrogen-bond donors (Lipinski definition) is 2. The molecule has 1 aliphatic carbocycles. The van der Waals surface area contributed by atoms with Crippen molar-refractivity contribution in [1.82, 2.24) is 15.3 Å². The van der Waals surface area contributed by atoms with Gasteiger partial charge in [-0.05, 0) is 62.1 Å². The number of hydrogen-bond acceptors (Lipinski definition) is 5. The van der Waals surface area contributed by atoms with Crippen LogP contribution < -0.4 is 15.4 Å². The first kappa shape index (κ1) is 20.7. The van der Waals surface area contributed by atoms with Gasteiger partial charge in [-0.3, -0.25) is 9.78 Å². The first-order valence-electron chi connectivity index (χ1n) is 9.92. The van der Waals surface area contributed by atoms with E-state index >= 15 is 0 Å². The normalized spacial score (nSPS) is 14.5. The maximum Gasteiger partial charge on any atom is 0.274 e. The van der Waals surface area contributed by atoms with Crippen molar-refractivity contribution in [1.29, 1.82) is 0 Å². The smallest absolute Gasteiger partial charge is 0.274 e. The molecule has 3 aromatic rings. The van der Waals surface area contributed by atoms with Crippen LogP contribution in [0.15, 0.2) is 48.7 Å². The number of ether oxygens (including phenoxy) is 1. The number of aryl methyl sites for hydroxylation is 1. The Balaban J connectivity index is 1.60. The summed E-state index contributed by atoms with van der Waals surface area (Å²) < 4.78 is 32.3. The molecule has 1 aromatic carbocycles. The highest BCUT2D eigenvalue weighted by molar-refractivity contribution is 5.96. The summed E-state index contributed by atoms with van der Waals surface area (Å²) >= 11 is 0. The fraction of sp³-hybridized carbons (Fsp3) is 0.261. The minimum atomic E-state index is -0.715. The third-order valence-electron chi connectivity index (χ3n) is 5.45. The van der Waals surface area contributed by atoms with Crippen LogP contribution in [0.5, 0.6) is 5.75 Å². The highest BCUT2D eigenvalue weighted by atomic mass is 19.1. The molecular weight excluding hydrogens is 402 g/mol. The average Bonchev–Trinajstić information content (AvgIpc) is 2.70. The van der Waals surface area contributed by atoms with Gasteiger partial charge in [-0.1, -0.05) is 6.07 Å². The molecule has 0 bridgehead atoms. The van der Waals surface area contributed by atoms with Gasteiger partial charge < -0.3 is 15.4 Å². The molecule has 4 rings (SSSR count). The lowest BCUT2D eigenvalue weighted by molar-refractivity contribution is 0.0814. The fourth-order valence-electron chi connectivity index (χ4n) is 3.66. The van der Waals surface area contributed by atoms with Crippen LogP contribution in [0.2, 0.25) is 0 Å². The summed E-state index contributed by atoms with van der Waals surface area (Å²) in [7, 11) is 1.45. The molecule has 2 N–H and O–H groups in total. The number of pyridine rings is 2. The second kappa shape index (κ2) is 8.29. The van der Waals surface area contributed by atoms with Gasteiger partial charge in [-0.2, -0.15) is 0 Å². The van der Waals surface area contributed by atoms with Crippen LogP contribution in [0.1, 0.15) is 41.0 Å². The van der Waals surface area contributed by atoms with Crippen molar-refractivity contribution >= 4 is 17.4 Å². The summed E-state index contributed by atoms with van der Waals surface area (Å²) in [6.07, 6.45) is 4.37. The monoisotopic (exact) mass is 424 g/mol. The summed E-state index contributed by atoms with van der Waals surface area (Å²) in [4.78, 5) is 21.9. The van der Waals surface area contributed by atoms with Crippen molar-refractivity contribution in [2.75, 3.05) is 12.4 Å². The van der Waals surface area contributed by atoms with Crippen LogP contribution in [-0.2, 0) is 5.54 Å². The SMILES string of the molecule is COc1ccc(Nc2cc(F)cc(F)c2)nc1C(=O)NC1(c2ccc(C)nc2)CCC1. The fourth-order valence-corrected chi connectivity index (χ4v) is 3.66. The van der Waals surface area contributed by atoms with Crippen LogP contribution in [0.3, 0.4) is 0 Å². The van der Waals surface area contributed by atoms with E-state index in [4.69, 9.17) is 4.74 Å².